The quantitative estimate of drug-likeness (QED) is 0.391. The number of hydrogen-bond donors (Lipinski definition) is 2. The largest absolute Gasteiger partial charge is 0.508 e. The molecule has 0 fully saturated rings. The Morgan fingerprint density at radius 2 is 1.77 bits per heavy atom. The lowest BCUT2D eigenvalue weighted by atomic mass is 10.1. The van der Waals surface area contributed by atoms with Crippen molar-refractivity contribution in [1.82, 2.24) is 9.55 Å². The van der Waals surface area contributed by atoms with Gasteiger partial charge in [-0.05, 0) is 74.4 Å². The SMILES string of the molecule is C/C(=N\Nc1nc2ccccc2c(=O)n1-c1ccc(C)cc1C)c1ccc(O)cc1. The highest BCUT2D eigenvalue weighted by Crippen LogP contribution is 2.20. The molecule has 6 heteroatoms. The number of phenols is 1. The van der Waals surface area contributed by atoms with Crippen molar-refractivity contribution in [1.29, 1.82) is 0 Å². The number of fused-ring (bicyclic) bond motifs is 1. The maximum atomic E-state index is 13.3. The Hall–Kier alpha value is -3.93. The van der Waals surface area contributed by atoms with Gasteiger partial charge < -0.3 is 5.11 Å². The average molecular weight is 398 g/mol. The van der Waals surface area contributed by atoms with Crippen molar-refractivity contribution in [2.45, 2.75) is 20.8 Å². The smallest absolute Gasteiger partial charge is 0.267 e. The fraction of sp³-hybridized carbons (Fsp3) is 0.125. The Balaban J connectivity index is 1.86. The van der Waals surface area contributed by atoms with E-state index in [9.17, 15) is 9.90 Å². The molecular formula is C24H22N4O2. The van der Waals surface area contributed by atoms with E-state index in [0.29, 0.717) is 22.6 Å². The molecule has 150 valence electrons. The Morgan fingerprint density at radius 1 is 1.03 bits per heavy atom. The van der Waals surface area contributed by atoms with Crippen molar-refractivity contribution in [2.75, 3.05) is 5.43 Å². The number of hydrogen-bond acceptors (Lipinski definition) is 5. The molecule has 0 bridgehead atoms. The summed E-state index contributed by atoms with van der Waals surface area (Å²) in [5.74, 6) is 0.531. The monoisotopic (exact) mass is 398 g/mol. The number of benzene rings is 3. The van der Waals surface area contributed by atoms with Crippen molar-refractivity contribution in [3.8, 4) is 11.4 Å². The van der Waals surface area contributed by atoms with Gasteiger partial charge in [0.15, 0.2) is 0 Å². The summed E-state index contributed by atoms with van der Waals surface area (Å²) in [6.07, 6.45) is 0. The number of aromatic nitrogens is 2. The van der Waals surface area contributed by atoms with E-state index in [1.54, 1.807) is 34.9 Å². The summed E-state index contributed by atoms with van der Waals surface area (Å²) < 4.78 is 1.56. The zero-order chi connectivity index (χ0) is 21.3. The highest BCUT2D eigenvalue weighted by Gasteiger charge is 2.14. The molecule has 0 aliphatic heterocycles. The number of aryl methyl sites for hydroxylation is 2. The number of rotatable bonds is 4. The molecule has 0 saturated carbocycles. The van der Waals surface area contributed by atoms with E-state index < -0.39 is 0 Å². The van der Waals surface area contributed by atoms with Gasteiger partial charge in [-0.25, -0.2) is 15.0 Å². The second kappa shape index (κ2) is 7.83. The summed E-state index contributed by atoms with van der Waals surface area (Å²) in [5.41, 5.74) is 7.81. The summed E-state index contributed by atoms with van der Waals surface area (Å²) in [6.45, 7) is 5.83. The molecule has 0 atom stereocenters. The second-order valence-electron chi connectivity index (χ2n) is 7.24. The van der Waals surface area contributed by atoms with E-state index in [-0.39, 0.29) is 11.3 Å². The lowest BCUT2D eigenvalue weighted by molar-refractivity contribution is 0.475. The zero-order valence-corrected chi connectivity index (χ0v) is 17.0. The molecule has 2 N–H and O–H groups in total. The molecule has 0 aliphatic carbocycles. The first kappa shape index (κ1) is 19.4. The molecule has 6 nitrogen and oxygen atoms in total. The number of phenolic OH excluding ortho intramolecular Hbond substituents is 1. The number of nitrogens with zero attached hydrogens (tertiary/aromatic N) is 3. The predicted molar refractivity (Wildman–Crippen MR) is 121 cm³/mol. The molecule has 3 aromatic carbocycles. The summed E-state index contributed by atoms with van der Waals surface area (Å²) in [4.78, 5) is 18.0. The van der Waals surface area contributed by atoms with Crippen LogP contribution in [0.1, 0.15) is 23.6 Å². The highest BCUT2D eigenvalue weighted by molar-refractivity contribution is 5.99. The van der Waals surface area contributed by atoms with Crippen LogP contribution in [0.2, 0.25) is 0 Å². The minimum atomic E-state index is -0.160. The van der Waals surface area contributed by atoms with Crippen LogP contribution in [0.15, 0.2) is 76.6 Å². The van der Waals surface area contributed by atoms with Gasteiger partial charge in [-0.3, -0.25) is 4.79 Å². The van der Waals surface area contributed by atoms with Crippen LogP contribution >= 0.6 is 0 Å². The number of aromatic hydroxyl groups is 1. The summed E-state index contributed by atoms with van der Waals surface area (Å²) in [7, 11) is 0. The minimum absolute atomic E-state index is 0.160. The van der Waals surface area contributed by atoms with Crippen LogP contribution in [-0.4, -0.2) is 20.4 Å². The molecular weight excluding hydrogens is 376 g/mol. The van der Waals surface area contributed by atoms with Gasteiger partial charge in [-0.1, -0.05) is 29.8 Å². The number of hydrazone groups is 1. The fourth-order valence-electron chi connectivity index (χ4n) is 3.39. The first-order chi connectivity index (χ1) is 14.4. The standard InChI is InChI=1S/C24H22N4O2/c1-15-8-13-22(16(2)14-15)28-23(30)20-6-4-5-7-21(20)25-24(28)27-26-17(3)18-9-11-19(29)12-10-18/h4-14,29H,1-3H3,(H,25,27)/b26-17+. The number of nitrogens with one attached hydrogen (secondary N) is 1. The average Bonchev–Trinajstić information content (AvgIpc) is 2.73. The van der Waals surface area contributed by atoms with Crippen LogP contribution in [-0.2, 0) is 0 Å². The Labute approximate surface area is 174 Å². The van der Waals surface area contributed by atoms with E-state index in [1.165, 1.54) is 0 Å². The van der Waals surface area contributed by atoms with Gasteiger partial charge in [-0.2, -0.15) is 5.10 Å². The Bertz CT molecular complexity index is 1320. The minimum Gasteiger partial charge on any atom is -0.508 e. The Morgan fingerprint density at radius 3 is 2.50 bits per heavy atom. The molecule has 0 aliphatic rings. The maximum Gasteiger partial charge on any atom is 0.267 e. The lowest BCUT2D eigenvalue weighted by Crippen LogP contribution is -2.23. The fourth-order valence-corrected chi connectivity index (χ4v) is 3.39. The number of anilines is 1. The van der Waals surface area contributed by atoms with Crippen LogP contribution in [0.5, 0.6) is 5.75 Å². The second-order valence-corrected chi connectivity index (χ2v) is 7.24. The third-order valence-corrected chi connectivity index (χ3v) is 4.98. The van der Waals surface area contributed by atoms with Crippen molar-refractivity contribution >= 4 is 22.6 Å². The van der Waals surface area contributed by atoms with Gasteiger partial charge in [0.2, 0.25) is 5.95 Å². The highest BCUT2D eigenvalue weighted by atomic mass is 16.3. The lowest BCUT2D eigenvalue weighted by Gasteiger charge is -2.15. The molecule has 4 aromatic rings. The first-order valence-corrected chi connectivity index (χ1v) is 9.63. The number of para-hydroxylation sites is 1. The molecule has 0 radical (unpaired) electrons. The molecule has 0 saturated heterocycles. The molecule has 30 heavy (non-hydrogen) atoms. The maximum absolute atomic E-state index is 13.3. The van der Waals surface area contributed by atoms with E-state index in [2.05, 4.69) is 15.5 Å². The van der Waals surface area contributed by atoms with Crippen molar-refractivity contribution < 1.29 is 5.11 Å². The van der Waals surface area contributed by atoms with Gasteiger partial charge in [0.1, 0.15) is 5.75 Å². The first-order valence-electron chi connectivity index (χ1n) is 9.63. The molecule has 0 unspecified atom stereocenters. The van der Waals surface area contributed by atoms with E-state index in [0.717, 1.165) is 22.4 Å². The van der Waals surface area contributed by atoms with Gasteiger partial charge in [-0.15, -0.1) is 0 Å². The van der Waals surface area contributed by atoms with Crippen LogP contribution in [0.3, 0.4) is 0 Å². The van der Waals surface area contributed by atoms with Gasteiger partial charge >= 0.3 is 0 Å². The molecule has 1 heterocycles. The van der Waals surface area contributed by atoms with E-state index in [1.807, 2.05) is 57.2 Å². The summed E-state index contributed by atoms with van der Waals surface area (Å²) in [6, 6.07) is 20.0. The van der Waals surface area contributed by atoms with E-state index >= 15 is 0 Å². The van der Waals surface area contributed by atoms with Crippen LogP contribution in [0, 0.1) is 13.8 Å². The van der Waals surface area contributed by atoms with Gasteiger partial charge in [0.25, 0.3) is 5.56 Å². The van der Waals surface area contributed by atoms with Crippen molar-refractivity contribution in [2.24, 2.45) is 5.10 Å². The summed E-state index contributed by atoms with van der Waals surface area (Å²) >= 11 is 0. The van der Waals surface area contributed by atoms with Crippen LogP contribution in [0.4, 0.5) is 5.95 Å². The van der Waals surface area contributed by atoms with Crippen molar-refractivity contribution in [3.63, 3.8) is 0 Å². The third kappa shape index (κ3) is 3.67. The van der Waals surface area contributed by atoms with E-state index in [4.69, 9.17) is 0 Å². The Kier molecular flexibility index (Phi) is 5.06. The molecule has 4 rings (SSSR count). The zero-order valence-electron chi connectivity index (χ0n) is 17.0. The normalized spacial score (nSPS) is 11.6. The van der Waals surface area contributed by atoms with Crippen LogP contribution in [0.25, 0.3) is 16.6 Å². The van der Waals surface area contributed by atoms with Crippen molar-refractivity contribution in [3.05, 3.63) is 93.8 Å². The van der Waals surface area contributed by atoms with Gasteiger partial charge in [0, 0.05) is 0 Å². The van der Waals surface area contributed by atoms with Gasteiger partial charge in [0.05, 0.1) is 22.3 Å². The molecule has 0 amide bonds. The summed E-state index contributed by atoms with van der Waals surface area (Å²) in [5, 5.41) is 14.5. The molecule has 0 spiro atoms. The van der Waals surface area contributed by atoms with Crippen LogP contribution < -0.4 is 11.0 Å². The third-order valence-electron chi connectivity index (χ3n) is 4.98. The topological polar surface area (TPSA) is 79.5 Å². The molecule has 1 aromatic heterocycles. The predicted octanol–water partition coefficient (Wildman–Crippen LogP) is 4.54.